The molecule has 1 aliphatic rings. The monoisotopic (exact) mass is 248 g/mol. The third kappa shape index (κ3) is 2.49. The van der Waals surface area contributed by atoms with Gasteiger partial charge in [-0.2, -0.15) is 5.26 Å². The van der Waals surface area contributed by atoms with Crippen LogP contribution in [-0.4, -0.2) is 44.5 Å². The van der Waals surface area contributed by atoms with Gasteiger partial charge in [-0.25, -0.2) is 13.1 Å². The molecule has 0 aliphatic carbocycles. The van der Waals surface area contributed by atoms with Gasteiger partial charge >= 0.3 is 5.97 Å². The number of carboxylic acids is 1. The number of hydrogen-bond acceptors (Lipinski definition) is 5. The molecule has 0 aromatic rings. The highest BCUT2D eigenvalue weighted by Crippen LogP contribution is 2.29. The quantitative estimate of drug-likeness (QED) is 0.653. The van der Waals surface area contributed by atoms with E-state index in [0.29, 0.717) is 0 Å². The van der Waals surface area contributed by atoms with Gasteiger partial charge in [-0.3, -0.25) is 4.79 Å². The number of aliphatic carboxylic acids is 1. The number of nitriles is 1. The normalized spacial score (nSPS) is 29.9. The van der Waals surface area contributed by atoms with Crippen molar-refractivity contribution in [3.8, 4) is 6.07 Å². The predicted molar refractivity (Wildman–Crippen MR) is 52.9 cm³/mol. The smallest absolute Gasteiger partial charge is 0.313 e. The average molecular weight is 248 g/mol. The summed E-state index contributed by atoms with van der Waals surface area (Å²) in [5, 5.41) is 17.3. The van der Waals surface area contributed by atoms with Gasteiger partial charge in [0.25, 0.3) is 0 Å². The molecule has 2 unspecified atom stereocenters. The van der Waals surface area contributed by atoms with Crippen molar-refractivity contribution in [2.75, 3.05) is 19.0 Å². The Kier molecular flexibility index (Phi) is 3.52. The molecule has 7 nitrogen and oxygen atoms in total. The molecule has 0 bridgehead atoms. The van der Waals surface area contributed by atoms with Crippen LogP contribution in [0.15, 0.2) is 0 Å². The Hall–Kier alpha value is -1.17. The zero-order valence-electron chi connectivity index (χ0n) is 8.63. The lowest BCUT2D eigenvalue weighted by atomic mass is 9.86. The Morgan fingerprint density at radius 2 is 2.38 bits per heavy atom. The van der Waals surface area contributed by atoms with Gasteiger partial charge in [0, 0.05) is 0 Å². The van der Waals surface area contributed by atoms with Crippen molar-refractivity contribution in [1.82, 2.24) is 4.72 Å². The van der Waals surface area contributed by atoms with Crippen LogP contribution in [0.2, 0.25) is 0 Å². The Morgan fingerprint density at radius 3 is 2.88 bits per heavy atom. The molecule has 8 heteroatoms. The summed E-state index contributed by atoms with van der Waals surface area (Å²) in [5.74, 6) is -1.83. The molecule has 16 heavy (non-hydrogen) atoms. The molecule has 0 amide bonds. The van der Waals surface area contributed by atoms with Gasteiger partial charge < -0.3 is 9.84 Å². The van der Waals surface area contributed by atoms with Gasteiger partial charge in [0.05, 0.1) is 25.3 Å². The molecular weight excluding hydrogens is 236 g/mol. The number of ether oxygens (including phenoxy) is 1. The Labute approximate surface area is 93.1 Å². The lowest BCUT2D eigenvalue weighted by molar-refractivity contribution is -0.148. The lowest BCUT2D eigenvalue weighted by Gasteiger charge is -2.24. The molecule has 1 aliphatic heterocycles. The minimum absolute atomic E-state index is 0.00649. The van der Waals surface area contributed by atoms with E-state index in [0.717, 1.165) is 0 Å². The molecule has 1 rings (SSSR count). The number of nitrogens with one attached hydrogen (secondary N) is 1. The molecule has 1 fully saturated rings. The number of hydrogen-bond donors (Lipinski definition) is 2. The van der Waals surface area contributed by atoms with Crippen molar-refractivity contribution in [2.45, 2.75) is 13.0 Å². The number of rotatable bonds is 4. The van der Waals surface area contributed by atoms with Crippen LogP contribution in [-0.2, 0) is 19.6 Å². The van der Waals surface area contributed by atoms with Crippen molar-refractivity contribution in [1.29, 1.82) is 5.26 Å². The van der Waals surface area contributed by atoms with Crippen molar-refractivity contribution < 1.29 is 23.1 Å². The van der Waals surface area contributed by atoms with E-state index in [2.05, 4.69) is 4.72 Å². The summed E-state index contributed by atoms with van der Waals surface area (Å²) >= 11 is 0. The SMILES string of the molecule is CC1(C(=O)O)COCC1NS(=O)(=O)CC#N. The number of nitrogens with zero attached hydrogens (tertiary/aromatic N) is 1. The fourth-order valence-corrected chi connectivity index (χ4v) is 2.41. The van der Waals surface area contributed by atoms with Gasteiger partial charge in [-0.1, -0.05) is 0 Å². The highest BCUT2D eigenvalue weighted by Gasteiger charge is 2.48. The van der Waals surface area contributed by atoms with Crippen LogP contribution < -0.4 is 4.72 Å². The molecule has 0 saturated carbocycles. The van der Waals surface area contributed by atoms with E-state index in [-0.39, 0.29) is 13.2 Å². The highest BCUT2D eigenvalue weighted by molar-refractivity contribution is 7.89. The summed E-state index contributed by atoms with van der Waals surface area (Å²) in [6.45, 7) is 1.34. The summed E-state index contributed by atoms with van der Waals surface area (Å²) < 4.78 is 29.8. The first kappa shape index (κ1) is 12.9. The predicted octanol–water partition coefficient (Wildman–Crippen LogP) is -1.08. The van der Waals surface area contributed by atoms with Crippen LogP contribution >= 0.6 is 0 Å². The Balaban J connectivity index is 2.83. The van der Waals surface area contributed by atoms with Crippen LogP contribution in [0.25, 0.3) is 0 Å². The fourth-order valence-electron chi connectivity index (χ4n) is 1.39. The zero-order chi connectivity index (χ0) is 12.4. The van der Waals surface area contributed by atoms with E-state index >= 15 is 0 Å². The van der Waals surface area contributed by atoms with Gasteiger partial charge in [0.15, 0.2) is 5.75 Å². The van der Waals surface area contributed by atoms with E-state index in [1.807, 2.05) is 0 Å². The van der Waals surface area contributed by atoms with E-state index in [4.69, 9.17) is 15.1 Å². The average Bonchev–Trinajstić information content (AvgIpc) is 2.48. The van der Waals surface area contributed by atoms with Crippen molar-refractivity contribution in [2.24, 2.45) is 5.41 Å². The molecule has 1 saturated heterocycles. The molecule has 2 N–H and O–H groups in total. The zero-order valence-corrected chi connectivity index (χ0v) is 9.45. The highest BCUT2D eigenvalue weighted by atomic mass is 32.2. The summed E-state index contributed by atoms with van der Waals surface area (Å²) in [5.41, 5.74) is -1.29. The maximum atomic E-state index is 11.3. The van der Waals surface area contributed by atoms with E-state index in [9.17, 15) is 13.2 Å². The van der Waals surface area contributed by atoms with Crippen LogP contribution in [0, 0.1) is 16.7 Å². The summed E-state index contributed by atoms with van der Waals surface area (Å²) in [6, 6.07) is 0.656. The standard InChI is InChI=1S/C8H12N2O5S/c1-8(7(11)12)5-15-4-6(8)10-16(13,14)3-2-9/h6,10H,3-5H2,1H3,(H,11,12). The molecule has 1 heterocycles. The van der Waals surface area contributed by atoms with Crippen LogP contribution in [0.1, 0.15) is 6.92 Å². The van der Waals surface area contributed by atoms with Crippen LogP contribution in [0.3, 0.4) is 0 Å². The molecule has 0 aromatic carbocycles. The third-order valence-corrected chi connectivity index (χ3v) is 3.67. The third-order valence-electron chi connectivity index (χ3n) is 2.52. The van der Waals surface area contributed by atoms with Gasteiger partial charge in [0.1, 0.15) is 5.41 Å². The summed E-state index contributed by atoms with van der Waals surface area (Å²) in [7, 11) is -3.77. The molecule has 90 valence electrons. The molecular formula is C8H12N2O5S. The molecule has 0 radical (unpaired) electrons. The Morgan fingerprint density at radius 1 is 1.75 bits per heavy atom. The van der Waals surface area contributed by atoms with Gasteiger partial charge in [-0.05, 0) is 6.92 Å². The van der Waals surface area contributed by atoms with Crippen LogP contribution in [0.5, 0.6) is 0 Å². The number of carboxylic acid groups (broad SMARTS) is 1. The lowest BCUT2D eigenvalue weighted by Crippen LogP contribution is -2.50. The van der Waals surface area contributed by atoms with Gasteiger partial charge in [0.2, 0.25) is 10.0 Å². The van der Waals surface area contributed by atoms with E-state index in [1.165, 1.54) is 13.0 Å². The minimum atomic E-state index is -3.77. The van der Waals surface area contributed by atoms with E-state index in [1.54, 1.807) is 0 Å². The second-order valence-corrected chi connectivity index (χ2v) is 5.58. The summed E-state index contributed by atoms with van der Waals surface area (Å²) in [6.07, 6.45) is 0. The van der Waals surface area contributed by atoms with Gasteiger partial charge in [-0.15, -0.1) is 0 Å². The number of carbonyl (C=O) groups is 1. The molecule has 2 atom stereocenters. The minimum Gasteiger partial charge on any atom is -0.481 e. The first-order chi connectivity index (χ1) is 7.32. The topological polar surface area (TPSA) is 116 Å². The fraction of sp³-hybridized carbons (Fsp3) is 0.750. The number of sulfonamides is 1. The Bertz CT molecular complexity index is 426. The summed E-state index contributed by atoms with van der Waals surface area (Å²) in [4.78, 5) is 11.0. The second kappa shape index (κ2) is 4.37. The van der Waals surface area contributed by atoms with Crippen molar-refractivity contribution >= 4 is 16.0 Å². The van der Waals surface area contributed by atoms with Crippen LogP contribution in [0.4, 0.5) is 0 Å². The second-order valence-electron chi connectivity index (χ2n) is 3.83. The maximum Gasteiger partial charge on any atom is 0.313 e. The first-order valence-corrected chi connectivity index (χ1v) is 6.15. The van der Waals surface area contributed by atoms with Crippen molar-refractivity contribution in [3.63, 3.8) is 0 Å². The first-order valence-electron chi connectivity index (χ1n) is 4.50. The maximum absolute atomic E-state index is 11.3. The van der Waals surface area contributed by atoms with E-state index < -0.39 is 33.2 Å². The largest absolute Gasteiger partial charge is 0.481 e. The molecule has 0 aromatic heterocycles. The van der Waals surface area contributed by atoms with Crippen molar-refractivity contribution in [3.05, 3.63) is 0 Å². The molecule has 0 spiro atoms.